The number of nitrogens with zero attached hydrogens (tertiary/aromatic N) is 2. The van der Waals surface area contributed by atoms with Crippen molar-refractivity contribution >= 4 is 50.7 Å². The number of rotatable bonds is 13. The Kier molecular flexibility index (Phi) is 11.5. The van der Waals surface area contributed by atoms with E-state index in [9.17, 15) is 22.4 Å². The van der Waals surface area contributed by atoms with Gasteiger partial charge in [-0.05, 0) is 43.5 Å². The van der Waals surface area contributed by atoms with Gasteiger partial charge in [-0.1, -0.05) is 55.2 Å². The van der Waals surface area contributed by atoms with Crippen LogP contribution < -0.4 is 9.62 Å². The molecule has 11 heteroatoms. The maximum atomic E-state index is 14.3. The van der Waals surface area contributed by atoms with Gasteiger partial charge >= 0.3 is 0 Å². The van der Waals surface area contributed by atoms with Gasteiger partial charge in [0.05, 0.1) is 11.9 Å². The summed E-state index contributed by atoms with van der Waals surface area (Å²) in [6.07, 6.45) is 2.12. The van der Waals surface area contributed by atoms with E-state index >= 15 is 0 Å². The van der Waals surface area contributed by atoms with Gasteiger partial charge in [-0.15, -0.1) is 0 Å². The van der Waals surface area contributed by atoms with Crippen LogP contribution in [-0.4, -0.2) is 50.5 Å². The highest BCUT2D eigenvalue weighted by molar-refractivity contribution is 7.92. The minimum Gasteiger partial charge on any atom is -0.354 e. The molecule has 0 saturated carbocycles. The summed E-state index contributed by atoms with van der Waals surface area (Å²) in [6, 6.07) is 9.78. The van der Waals surface area contributed by atoms with Crippen LogP contribution in [0.1, 0.15) is 45.1 Å². The van der Waals surface area contributed by atoms with Crippen LogP contribution in [0.3, 0.4) is 0 Å². The van der Waals surface area contributed by atoms with E-state index in [-0.39, 0.29) is 43.4 Å². The van der Waals surface area contributed by atoms with Gasteiger partial charge in [0.15, 0.2) is 0 Å². The number of nitrogens with one attached hydrogen (secondary N) is 1. The minimum atomic E-state index is -3.79. The Morgan fingerprint density at radius 3 is 2.25 bits per heavy atom. The van der Waals surface area contributed by atoms with Crippen molar-refractivity contribution < 1.29 is 22.4 Å². The Morgan fingerprint density at radius 2 is 1.69 bits per heavy atom. The zero-order valence-corrected chi connectivity index (χ0v) is 23.0. The smallest absolute Gasteiger partial charge is 0.242 e. The van der Waals surface area contributed by atoms with Gasteiger partial charge in [0.25, 0.3) is 0 Å². The highest BCUT2D eigenvalue weighted by atomic mass is 35.5. The van der Waals surface area contributed by atoms with E-state index in [2.05, 4.69) is 5.32 Å². The van der Waals surface area contributed by atoms with Crippen LogP contribution in [0.15, 0.2) is 42.5 Å². The molecule has 1 atom stereocenters. The maximum absolute atomic E-state index is 14.3. The van der Waals surface area contributed by atoms with Gasteiger partial charge in [0.1, 0.15) is 11.9 Å². The predicted octanol–water partition coefficient (Wildman–Crippen LogP) is 5.01. The Hall–Kier alpha value is -2.36. The van der Waals surface area contributed by atoms with E-state index < -0.39 is 21.9 Å². The predicted molar refractivity (Wildman–Crippen MR) is 142 cm³/mol. The minimum absolute atomic E-state index is 0.0124. The first-order chi connectivity index (χ1) is 17.0. The third kappa shape index (κ3) is 8.08. The van der Waals surface area contributed by atoms with E-state index in [0.717, 1.165) is 17.0 Å². The molecular formula is C25H32Cl2FN3O4S. The highest BCUT2D eigenvalue weighted by Gasteiger charge is 2.30. The number of amides is 2. The molecule has 0 aliphatic carbocycles. The lowest BCUT2D eigenvalue weighted by Gasteiger charge is -2.31. The lowest BCUT2D eigenvalue weighted by atomic mass is 10.1. The first-order valence-electron chi connectivity index (χ1n) is 11.7. The topological polar surface area (TPSA) is 86.8 Å². The van der Waals surface area contributed by atoms with Crippen LogP contribution in [0, 0.1) is 5.82 Å². The summed E-state index contributed by atoms with van der Waals surface area (Å²) in [6.45, 7) is 4.10. The maximum Gasteiger partial charge on any atom is 0.242 e. The molecule has 0 aliphatic rings. The number of benzene rings is 2. The molecule has 2 aromatic carbocycles. The molecule has 198 valence electrons. The first-order valence-corrected chi connectivity index (χ1v) is 14.3. The number of para-hydroxylation sites is 1. The number of carbonyl (C=O) groups is 2. The fourth-order valence-corrected chi connectivity index (χ4v) is 5.26. The zero-order valence-electron chi connectivity index (χ0n) is 20.6. The molecule has 0 bridgehead atoms. The number of anilines is 1. The number of hydrogen-bond acceptors (Lipinski definition) is 4. The van der Waals surface area contributed by atoms with E-state index in [0.29, 0.717) is 28.6 Å². The van der Waals surface area contributed by atoms with Crippen LogP contribution in [0.4, 0.5) is 10.1 Å². The van der Waals surface area contributed by atoms with Crippen molar-refractivity contribution in [2.75, 3.05) is 23.7 Å². The Balaban J connectivity index is 2.27. The number of sulfonamides is 1. The molecule has 0 saturated heterocycles. The summed E-state index contributed by atoms with van der Waals surface area (Å²) in [5, 5.41) is 3.56. The molecule has 7 nitrogen and oxygen atoms in total. The fourth-order valence-electron chi connectivity index (χ4n) is 3.78. The first kappa shape index (κ1) is 29.9. The lowest BCUT2D eigenvalue weighted by molar-refractivity contribution is -0.141. The normalized spacial score (nSPS) is 12.2. The van der Waals surface area contributed by atoms with Gasteiger partial charge in [-0.3, -0.25) is 13.9 Å². The van der Waals surface area contributed by atoms with Crippen LogP contribution in [0.5, 0.6) is 0 Å². The molecular weight excluding hydrogens is 528 g/mol. The average molecular weight is 561 g/mol. The fraction of sp³-hybridized carbons (Fsp3) is 0.440. The standard InChI is InChI=1S/C25H32Cl2FN3O4S/c1-4-15-29-25(33)22(5-2)30(17-18-19(26)10-8-11-20(18)27)24(32)14-9-16-31(36(3,34)35)23-13-7-6-12-21(23)28/h6-8,10-13,22H,4-5,9,14-17H2,1-3H3,(H,29,33)/t22-/m0/s1. The summed E-state index contributed by atoms with van der Waals surface area (Å²) in [4.78, 5) is 27.7. The Bertz CT molecular complexity index is 1140. The van der Waals surface area contributed by atoms with Gasteiger partial charge in [0.2, 0.25) is 21.8 Å². The van der Waals surface area contributed by atoms with Gasteiger partial charge in [0, 0.05) is 41.7 Å². The number of carbonyl (C=O) groups excluding carboxylic acids is 2. The van der Waals surface area contributed by atoms with Crippen molar-refractivity contribution in [1.82, 2.24) is 10.2 Å². The van der Waals surface area contributed by atoms with Crippen molar-refractivity contribution in [3.63, 3.8) is 0 Å². The molecule has 2 amide bonds. The van der Waals surface area contributed by atoms with Crippen LogP contribution in [-0.2, 0) is 26.2 Å². The molecule has 0 spiro atoms. The van der Waals surface area contributed by atoms with E-state index in [4.69, 9.17) is 23.2 Å². The molecule has 0 unspecified atom stereocenters. The molecule has 0 heterocycles. The summed E-state index contributed by atoms with van der Waals surface area (Å²) >= 11 is 12.7. The quantitative estimate of drug-likeness (QED) is 0.373. The molecule has 0 aromatic heterocycles. The molecule has 36 heavy (non-hydrogen) atoms. The molecule has 2 rings (SSSR count). The van der Waals surface area contributed by atoms with Crippen molar-refractivity contribution in [3.8, 4) is 0 Å². The third-order valence-corrected chi connectivity index (χ3v) is 7.49. The highest BCUT2D eigenvalue weighted by Crippen LogP contribution is 2.28. The molecule has 0 aliphatic heterocycles. The largest absolute Gasteiger partial charge is 0.354 e. The summed E-state index contributed by atoms with van der Waals surface area (Å²) in [5.41, 5.74) is 0.428. The van der Waals surface area contributed by atoms with Crippen molar-refractivity contribution in [3.05, 3.63) is 63.9 Å². The van der Waals surface area contributed by atoms with Crippen LogP contribution in [0.2, 0.25) is 10.0 Å². The lowest BCUT2D eigenvalue weighted by Crippen LogP contribution is -2.49. The van der Waals surface area contributed by atoms with E-state index in [1.54, 1.807) is 25.1 Å². The second kappa shape index (κ2) is 13.8. The number of halogens is 3. The molecule has 0 fully saturated rings. The molecule has 0 radical (unpaired) electrons. The summed E-state index contributed by atoms with van der Waals surface area (Å²) < 4.78 is 39.9. The second-order valence-corrected chi connectivity index (χ2v) is 11.0. The van der Waals surface area contributed by atoms with Gasteiger partial charge in [-0.25, -0.2) is 12.8 Å². The number of hydrogen-bond donors (Lipinski definition) is 1. The van der Waals surface area contributed by atoms with E-state index in [1.807, 2.05) is 6.92 Å². The van der Waals surface area contributed by atoms with Crippen molar-refractivity contribution in [1.29, 1.82) is 0 Å². The van der Waals surface area contributed by atoms with Crippen molar-refractivity contribution in [2.45, 2.75) is 52.1 Å². The SMILES string of the molecule is CCCNC(=O)[C@H](CC)N(Cc1c(Cl)cccc1Cl)C(=O)CCCN(c1ccccc1F)S(C)(=O)=O. The monoisotopic (exact) mass is 559 g/mol. The summed E-state index contributed by atoms with van der Waals surface area (Å²) in [5.74, 6) is -1.34. The average Bonchev–Trinajstić information content (AvgIpc) is 2.82. The molecule has 2 aromatic rings. The van der Waals surface area contributed by atoms with Gasteiger partial charge < -0.3 is 10.2 Å². The van der Waals surface area contributed by atoms with Crippen LogP contribution >= 0.6 is 23.2 Å². The van der Waals surface area contributed by atoms with Crippen molar-refractivity contribution in [2.24, 2.45) is 0 Å². The van der Waals surface area contributed by atoms with Gasteiger partial charge in [-0.2, -0.15) is 0 Å². The van der Waals surface area contributed by atoms with Crippen LogP contribution in [0.25, 0.3) is 0 Å². The third-order valence-electron chi connectivity index (χ3n) is 5.60. The molecule has 1 N–H and O–H groups in total. The Morgan fingerprint density at radius 1 is 1.06 bits per heavy atom. The Labute approximate surface area is 222 Å². The van der Waals surface area contributed by atoms with E-state index in [1.165, 1.54) is 29.2 Å². The summed E-state index contributed by atoms with van der Waals surface area (Å²) in [7, 11) is -3.79. The second-order valence-electron chi connectivity index (χ2n) is 8.33. The zero-order chi connectivity index (χ0) is 26.9.